The summed E-state index contributed by atoms with van der Waals surface area (Å²) in [6.45, 7) is 2.03. The quantitative estimate of drug-likeness (QED) is 0.109. The lowest BCUT2D eigenvalue weighted by Crippen LogP contribution is -2.30. The number of rotatable bonds is 9. The molecule has 1 N–H and O–H groups in total. The fourth-order valence-corrected chi connectivity index (χ4v) is 6.13. The van der Waals surface area contributed by atoms with Crippen LogP contribution in [0.1, 0.15) is 38.7 Å². The summed E-state index contributed by atoms with van der Waals surface area (Å²) >= 11 is 2.68. The number of hydrogen-bond acceptors (Lipinski definition) is 9. The molecule has 0 spiro atoms. The highest BCUT2D eigenvalue weighted by Crippen LogP contribution is 2.43. The van der Waals surface area contributed by atoms with Crippen molar-refractivity contribution in [3.8, 4) is 0 Å². The molecule has 1 unspecified atom stereocenters. The number of hydrogen-bond donors (Lipinski definition) is 1. The van der Waals surface area contributed by atoms with E-state index in [9.17, 15) is 19.5 Å². The molecule has 1 atom stereocenters. The van der Waals surface area contributed by atoms with Crippen LogP contribution in [0.3, 0.4) is 0 Å². The number of ketones is 1. The second-order valence-electron chi connectivity index (χ2n) is 9.19. The molecule has 0 aliphatic carbocycles. The van der Waals surface area contributed by atoms with Crippen LogP contribution in [0, 0.1) is 6.92 Å². The van der Waals surface area contributed by atoms with Gasteiger partial charge in [-0.05, 0) is 41.8 Å². The van der Waals surface area contributed by atoms with E-state index >= 15 is 0 Å². The summed E-state index contributed by atoms with van der Waals surface area (Å²) in [5, 5.41) is 19.7. The minimum absolute atomic E-state index is 0.0861. The van der Waals surface area contributed by atoms with Crippen LogP contribution in [0.25, 0.3) is 6.08 Å². The Kier molecular flexibility index (Phi) is 8.42. The average Bonchev–Trinajstić information content (AvgIpc) is 3.57. The highest BCUT2D eigenvalue weighted by molar-refractivity contribution is 8.00. The molecule has 0 fully saturated rings. The lowest BCUT2D eigenvalue weighted by molar-refractivity contribution is -0.117. The number of anilines is 1. The summed E-state index contributed by atoms with van der Waals surface area (Å²) in [6, 6.07) is 22.8. The van der Waals surface area contributed by atoms with Crippen molar-refractivity contribution in [2.24, 2.45) is 0 Å². The number of benzene rings is 3. The van der Waals surface area contributed by atoms with Crippen LogP contribution in [-0.4, -0.2) is 40.1 Å². The second kappa shape index (κ2) is 12.3. The number of methoxy groups -OCH3 is 1. The number of carbonyl (C=O) groups excluding carboxylic acids is 3. The van der Waals surface area contributed by atoms with E-state index in [2.05, 4.69) is 10.2 Å². The Balaban J connectivity index is 1.47. The van der Waals surface area contributed by atoms with Crippen LogP contribution in [0.4, 0.5) is 5.13 Å². The summed E-state index contributed by atoms with van der Waals surface area (Å²) < 4.78 is 5.42. The highest BCUT2D eigenvalue weighted by Gasteiger charge is 2.45. The Hall–Kier alpha value is -4.54. The SMILES string of the molecule is COC(=O)c1ccc(C2C(C(=O)C=Cc3ccccc3)=C(O)C(=O)N2c2nnc(SCc3ccc(C)cc3)s2)cc1. The summed E-state index contributed by atoms with van der Waals surface area (Å²) in [7, 11) is 1.29. The first kappa shape index (κ1) is 28.0. The minimum Gasteiger partial charge on any atom is -0.503 e. The lowest BCUT2D eigenvalue weighted by Gasteiger charge is -2.23. The molecule has 1 aliphatic rings. The van der Waals surface area contributed by atoms with E-state index < -0.39 is 29.5 Å². The zero-order chi connectivity index (χ0) is 28.9. The number of amides is 1. The zero-order valence-electron chi connectivity index (χ0n) is 22.2. The van der Waals surface area contributed by atoms with Crippen LogP contribution in [0.15, 0.2) is 101 Å². The van der Waals surface area contributed by atoms with E-state index in [4.69, 9.17) is 4.74 Å². The van der Waals surface area contributed by atoms with Gasteiger partial charge in [-0.25, -0.2) is 4.79 Å². The number of thioether (sulfide) groups is 1. The van der Waals surface area contributed by atoms with Gasteiger partial charge in [-0.2, -0.15) is 0 Å². The Morgan fingerprint density at radius 3 is 2.41 bits per heavy atom. The average molecular weight is 584 g/mol. The van der Waals surface area contributed by atoms with Crippen molar-refractivity contribution in [1.82, 2.24) is 10.2 Å². The maximum atomic E-state index is 13.5. The number of carbonyl (C=O) groups is 3. The number of aliphatic hydroxyl groups excluding tert-OH is 1. The van der Waals surface area contributed by atoms with Gasteiger partial charge in [0.05, 0.1) is 24.3 Å². The molecule has 41 heavy (non-hydrogen) atoms. The lowest BCUT2D eigenvalue weighted by atomic mass is 9.95. The van der Waals surface area contributed by atoms with Crippen LogP contribution >= 0.6 is 23.1 Å². The van der Waals surface area contributed by atoms with E-state index in [-0.39, 0.29) is 10.7 Å². The third-order valence-electron chi connectivity index (χ3n) is 6.43. The highest BCUT2D eigenvalue weighted by atomic mass is 32.2. The van der Waals surface area contributed by atoms with E-state index in [0.29, 0.717) is 21.2 Å². The predicted octanol–water partition coefficient (Wildman–Crippen LogP) is 6.11. The standard InChI is InChI=1S/C31H25N3O5S2/c1-19-8-10-21(11-9-19)18-40-31-33-32-30(41-31)34-26(22-13-15-23(16-14-22)29(38)39-2)25(27(36)28(34)37)24(35)17-12-20-6-4-3-5-7-20/h3-17,26,36H,18H2,1-2H3. The minimum atomic E-state index is -0.981. The maximum Gasteiger partial charge on any atom is 0.337 e. The number of aliphatic hydroxyl groups is 1. The molecule has 5 rings (SSSR count). The van der Waals surface area contributed by atoms with Crippen LogP contribution in [-0.2, 0) is 20.1 Å². The first-order valence-electron chi connectivity index (χ1n) is 12.6. The van der Waals surface area contributed by atoms with E-state index in [0.717, 1.165) is 11.1 Å². The van der Waals surface area contributed by atoms with Gasteiger partial charge in [-0.15, -0.1) is 10.2 Å². The van der Waals surface area contributed by atoms with Gasteiger partial charge in [-0.1, -0.05) is 101 Å². The summed E-state index contributed by atoms with van der Waals surface area (Å²) in [5.74, 6) is -1.79. The van der Waals surface area contributed by atoms with Crippen molar-refractivity contribution in [2.45, 2.75) is 23.1 Å². The number of esters is 1. The third-order valence-corrected chi connectivity index (χ3v) is 8.56. The van der Waals surface area contributed by atoms with Crippen molar-refractivity contribution in [3.63, 3.8) is 0 Å². The van der Waals surface area contributed by atoms with Gasteiger partial charge in [0.25, 0.3) is 5.91 Å². The molecule has 0 saturated heterocycles. The summed E-state index contributed by atoms with van der Waals surface area (Å²) in [4.78, 5) is 40.1. The predicted molar refractivity (Wildman–Crippen MR) is 159 cm³/mol. The molecule has 206 valence electrons. The molecule has 4 aromatic rings. The number of aryl methyl sites for hydroxylation is 1. The van der Waals surface area contributed by atoms with Crippen LogP contribution in [0.5, 0.6) is 0 Å². The van der Waals surface area contributed by atoms with E-state index in [1.165, 1.54) is 46.7 Å². The molecule has 10 heteroatoms. The normalized spacial score (nSPS) is 15.1. The largest absolute Gasteiger partial charge is 0.503 e. The molecule has 0 bridgehead atoms. The van der Waals surface area contributed by atoms with Crippen molar-refractivity contribution in [1.29, 1.82) is 0 Å². The van der Waals surface area contributed by atoms with Crippen LogP contribution < -0.4 is 4.90 Å². The van der Waals surface area contributed by atoms with Gasteiger partial charge in [0.2, 0.25) is 5.13 Å². The number of aromatic nitrogens is 2. The third kappa shape index (κ3) is 6.13. The molecular formula is C31H25N3O5S2. The van der Waals surface area contributed by atoms with Gasteiger partial charge in [0.1, 0.15) is 0 Å². The molecule has 3 aromatic carbocycles. The number of ether oxygens (including phenoxy) is 1. The fraction of sp³-hybridized carbons (Fsp3) is 0.129. The Bertz CT molecular complexity index is 1650. The summed E-state index contributed by atoms with van der Waals surface area (Å²) in [6.07, 6.45) is 2.95. The fourth-order valence-electron chi connectivity index (χ4n) is 4.30. The van der Waals surface area contributed by atoms with Gasteiger partial charge >= 0.3 is 5.97 Å². The van der Waals surface area contributed by atoms with Crippen molar-refractivity contribution >= 4 is 52.0 Å². The molecule has 8 nitrogen and oxygen atoms in total. The molecule has 1 aromatic heterocycles. The maximum absolute atomic E-state index is 13.5. The summed E-state index contributed by atoms with van der Waals surface area (Å²) in [5.41, 5.74) is 3.82. The monoisotopic (exact) mass is 583 g/mol. The molecule has 1 aliphatic heterocycles. The van der Waals surface area contributed by atoms with E-state index in [1.807, 2.05) is 61.5 Å². The van der Waals surface area contributed by atoms with Crippen molar-refractivity contribution < 1.29 is 24.2 Å². The Morgan fingerprint density at radius 2 is 1.73 bits per heavy atom. The Labute approximate surface area is 245 Å². The van der Waals surface area contributed by atoms with Gasteiger partial charge in [0, 0.05) is 5.75 Å². The molecule has 0 radical (unpaired) electrons. The zero-order valence-corrected chi connectivity index (χ0v) is 23.8. The smallest absolute Gasteiger partial charge is 0.337 e. The van der Waals surface area contributed by atoms with Crippen LogP contribution in [0.2, 0.25) is 0 Å². The van der Waals surface area contributed by atoms with Crippen molar-refractivity contribution in [3.05, 3.63) is 124 Å². The molecule has 2 heterocycles. The second-order valence-corrected chi connectivity index (χ2v) is 11.4. The van der Waals surface area contributed by atoms with E-state index in [1.54, 1.807) is 30.3 Å². The van der Waals surface area contributed by atoms with Gasteiger partial charge < -0.3 is 9.84 Å². The van der Waals surface area contributed by atoms with Gasteiger partial charge in [0.15, 0.2) is 15.9 Å². The Morgan fingerprint density at radius 1 is 1.02 bits per heavy atom. The topological polar surface area (TPSA) is 110 Å². The van der Waals surface area contributed by atoms with Gasteiger partial charge in [-0.3, -0.25) is 14.5 Å². The molecular weight excluding hydrogens is 558 g/mol. The first-order valence-corrected chi connectivity index (χ1v) is 14.4. The molecule has 0 saturated carbocycles. The van der Waals surface area contributed by atoms with Crippen molar-refractivity contribution in [2.75, 3.05) is 12.0 Å². The number of allylic oxidation sites excluding steroid dienone is 1. The first-order chi connectivity index (χ1) is 19.9. The molecule has 1 amide bonds. The number of nitrogens with zero attached hydrogens (tertiary/aromatic N) is 3.